The summed E-state index contributed by atoms with van der Waals surface area (Å²) >= 11 is 0. The lowest BCUT2D eigenvalue weighted by Crippen LogP contribution is -2.18. The van der Waals surface area contributed by atoms with E-state index in [0.29, 0.717) is 5.76 Å². The lowest BCUT2D eigenvalue weighted by molar-refractivity contribution is 0.450. The minimum absolute atomic E-state index is 0.234. The molecule has 0 saturated heterocycles. The first-order valence-corrected chi connectivity index (χ1v) is 4.88. The quantitative estimate of drug-likeness (QED) is 0.865. The van der Waals surface area contributed by atoms with Gasteiger partial charge in [0.2, 0.25) is 0 Å². The number of furan rings is 1. The van der Waals surface area contributed by atoms with Gasteiger partial charge in [0.25, 0.3) is 0 Å². The SMILES string of the molecule is CNC(c1ccco1)c1cc(F)ccc1F. The highest BCUT2D eigenvalue weighted by Gasteiger charge is 2.18. The van der Waals surface area contributed by atoms with Crippen LogP contribution < -0.4 is 5.32 Å². The summed E-state index contributed by atoms with van der Waals surface area (Å²) in [5, 5.41) is 2.89. The average Bonchev–Trinajstić information content (AvgIpc) is 2.78. The van der Waals surface area contributed by atoms with E-state index in [-0.39, 0.29) is 5.56 Å². The van der Waals surface area contributed by atoms with E-state index < -0.39 is 17.7 Å². The zero-order valence-corrected chi connectivity index (χ0v) is 8.71. The third-order valence-electron chi connectivity index (χ3n) is 2.39. The van der Waals surface area contributed by atoms with Crippen LogP contribution in [0.15, 0.2) is 41.0 Å². The first kappa shape index (κ1) is 10.8. The summed E-state index contributed by atoms with van der Waals surface area (Å²) in [7, 11) is 1.66. The molecule has 0 spiro atoms. The molecule has 0 bridgehead atoms. The van der Waals surface area contributed by atoms with Gasteiger partial charge < -0.3 is 9.73 Å². The van der Waals surface area contributed by atoms with Gasteiger partial charge in [-0.05, 0) is 37.4 Å². The van der Waals surface area contributed by atoms with Gasteiger partial charge in [-0.3, -0.25) is 0 Å². The number of rotatable bonds is 3. The molecule has 1 N–H and O–H groups in total. The van der Waals surface area contributed by atoms with Crippen molar-refractivity contribution in [1.82, 2.24) is 5.32 Å². The standard InChI is InChI=1S/C12H11F2NO/c1-15-12(11-3-2-6-16-11)9-7-8(13)4-5-10(9)14/h2-7,12,15H,1H3. The molecular formula is C12H11F2NO. The molecule has 0 saturated carbocycles. The lowest BCUT2D eigenvalue weighted by atomic mass is 10.0. The second-order valence-electron chi connectivity index (χ2n) is 3.40. The van der Waals surface area contributed by atoms with Gasteiger partial charge in [0.1, 0.15) is 17.4 Å². The second kappa shape index (κ2) is 4.45. The highest BCUT2D eigenvalue weighted by Crippen LogP contribution is 2.25. The molecule has 1 aromatic heterocycles. The van der Waals surface area contributed by atoms with Gasteiger partial charge in [0.15, 0.2) is 0 Å². The summed E-state index contributed by atoms with van der Waals surface area (Å²) in [6.07, 6.45) is 1.50. The van der Waals surface area contributed by atoms with Crippen molar-refractivity contribution in [2.24, 2.45) is 0 Å². The summed E-state index contributed by atoms with van der Waals surface area (Å²) in [4.78, 5) is 0. The Labute approximate surface area is 91.9 Å². The number of hydrogen-bond acceptors (Lipinski definition) is 2. The zero-order chi connectivity index (χ0) is 11.5. The molecule has 0 aliphatic carbocycles. The van der Waals surface area contributed by atoms with E-state index in [4.69, 9.17) is 4.42 Å². The Hall–Kier alpha value is -1.68. The minimum atomic E-state index is -0.481. The smallest absolute Gasteiger partial charge is 0.128 e. The number of benzene rings is 1. The van der Waals surface area contributed by atoms with Gasteiger partial charge in [-0.15, -0.1) is 0 Å². The van der Waals surface area contributed by atoms with Gasteiger partial charge in [0.05, 0.1) is 12.3 Å². The fourth-order valence-corrected chi connectivity index (χ4v) is 1.64. The molecule has 1 atom stereocenters. The summed E-state index contributed by atoms with van der Waals surface area (Å²) < 4.78 is 31.8. The van der Waals surface area contributed by atoms with Gasteiger partial charge in [0, 0.05) is 5.56 Å². The molecule has 0 aliphatic rings. The number of hydrogen-bond donors (Lipinski definition) is 1. The molecule has 2 rings (SSSR count). The van der Waals surface area contributed by atoms with Crippen molar-refractivity contribution < 1.29 is 13.2 Å². The third-order valence-corrected chi connectivity index (χ3v) is 2.39. The number of halogens is 2. The van der Waals surface area contributed by atoms with Gasteiger partial charge in [-0.2, -0.15) is 0 Å². The topological polar surface area (TPSA) is 25.2 Å². The van der Waals surface area contributed by atoms with E-state index in [1.165, 1.54) is 12.3 Å². The predicted molar refractivity (Wildman–Crippen MR) is 56.0 cm³/mol. The van der Waals surface area contributed by atoms with Crippen LogP contribution in [0.2, 0.25) is 0 Å². The van der Waals surface area contributed by atoms with E-state index in [0.717, 1.165) is 12.1 Å². The average molecular weight is 223 g/mol. The molecule has 1 aromatic carbocycles. The maximum atomic E-state index is 13.6. The van der Waals surface area contributed by atoms with E-state index in [1.807, 2.05) is 0 Å². The summed E-state index contributed by atoms with van der Waals surface area (Å²) in [6, 6.07) is 6.30. The Bertz CT molecular complexity index is 468. The molecular weight excluding hydrogens is 212 g/mol. The van der Waals surface area contributed by atoms with Crippen LogP contribution >= 0.6 is 0 Å². The molecule has 0 fully saturated rings. The van der Waals surface area contributed by atoms with Crippen LogP contribution in [-0.4, -0.2) is 7.05 Å². The molecule has 84 valence electrons. The summed E-state index contributed by atoms with van der Waals surface area (Å²) in [5.41, 5.74) is 0.234. The molecule has 2 nitrogen and oxygen atoms in total. The van der Waals surface area contributed by atoms with Gasteiger partial charge >= 0.3 is 0 Å². The van der Waals surface area contributed by atoms with Crippen molar-refractivity contribution in [3.8, 4) is 0 Å². The van der Waals surface area contributed by atoms with Crippen LogP contribution in [0.1, 0.15) is 17.4 Å². The molecule has 1 heterocycles. The van der Waals surface area contributed by atoms with Crippen molar-refractivity contribution in [2.75, 3.05) is 7.05 Å². The van der Waals surface area contributed by atoms with E-state index in [9.17, 15) is 8.78 Å². The molecule has 16 heavy (non-hydrogen) atoms. The third kappa shape index (κ3) is 1.97. The second-order valence-corrected chi connectivity index (χ2v) is 3.40. The highest BCUT2D eigenvalue weighted by atomic mass is 19.1. The van der Waals surface area contributed by atoms with Crippen molar-refractivity contribution >= 4 is 0 Å². The zero-order valence-electron chi connectivity index (χ0n) is 8.71. The van der Waals surface area contributed by atoms with Crippen molar-refractivity contribution in [2.45, 2.75) is 6.04 Å². The Morgan fingerprint density at radius 1 is 1.25 bits per heavy atom. The van der Waals surface area contributed by atoms with Crippen LogP contribution in [0, 0.1) is 11.6 Å². The fourth-order valence-electron chi connectivity index (χ4n) is 1.64. The Kier molecular flexibility index (Phi) is 3.01. The molecule has 4 heteroatoms. The predicted octanol–water partition coefficient (Wildman–Crippen LogP) is 2.87. The Morgan fingerprint density at radius 3 is 2.69 bits per heavy atom. The Balaban J connectivity index is 2.44. The fraction of sp³-hybridized carbons (Fsp3) is 0.167. The van der Waals surface area contributed by atoms with Crippen LogP contribution in [0.4, 0.5) is 8.78 Å². The molecule has 0 amide bonds. The largest absolute Gasteiger partial charge is 0.467 e. The lowest BCUT2D eigenvalue weighted by Gasteiger charge is -2.14. The molecule has 0 aliphatic heterocycles. The maximum absolute atomic E-state index is 13.6. The van der Waals surface area contributed by atoms with Gasteiger partial charge in [-0.25, -0.2) is 8.78 Å². The summed E-state index contributed by atoms with van der Waals surface area (Å²) in [6.45, 7) is 0. The normalized spacial score (nSPS) is 12.7. The van der Waals surface area contributed by atoms with E-state index >= 15 is 0 Å². The number of nitrogens with one attached hydrogen (secondary N) is 1. The monoisotopic (exact) mass is 223 g/mol. The van der Waals surface area contributed by atoms with Crippen molar-refractivity contribution in [1.29, 1.82) is 0 Å². The molecule has 0 radical (unpaired) electrons. The molecule has 1 unspecified atom stereocenters. The van der Waals surface area contributed by atoms with Crippen molar-refractivity contribution in [3.05, 3.63) is 59.6 Å². The molecule has 2 aromatic rings. The maximum Gasteiger partial charge on any atom is 0.128 e. The van der Waals surface area contributed by atoms with E-state index in [2.05, 4.69) is 5.32 Å². The van der Waals surface area contributed by atoms with Crippen LogP contribution in [0.5, 0.6) is 0 Å². The highest BCUT2D eigenvalue weighted by molar-refractivity contribution is 5.28. The van der Waals surface area contributed by atoms with Crippen LogP contribution in [0.3, 0.4) is 0 Å². The Morgan fingerprint density at radius 2 is 2.06 bits per heavy atom. The minimum Gasteiger partial charge on any atom is -0.467 e. The van der Waals surface area contributed by atoms with Crippen LogP contribution in [-0.2, 0) is 0 Å². The van der Waals surface area contributed by atoms with E-state index in [1.54, 1.807) is 19.2 Å². The summed E-state index contributed by atoms with van der Waals surface area (Å²) in [5.74, 6) is -0.382. The van der Waals surface area contributed by atoms with Crippen molar-refractivity contribution in [3.63, 3.8) is 0 Å². The van der Waals surface area contributed by atoms with Crippen LogP contribution in [0.25, 0.3) is 0 Å². The van der Waals surface area contributed by atoms with Gasteiger partial charge in [-0.1, -0.05) is 0 Å². The first-order chi connectivity index (χ1) is 7.72. The first-order valence-electron chi connectivity index (χ1n) is 4.88.